The maximum Gasteiger partial charge on any atom is 0.124 e. The van der Waals surface area contributed by atoms with Gasteiger partial charge in [-0.1, -0.05) is 18.6 Å². The van der Waals surface area contributed by atoms with E-state index in [4.69, 9.17) is 4.74 Å². The van der Waals surface area contributed by atoms with Crippen LogP contribution >= 0.6 is 0 Å². The summed E-state index contributed by atoms with van der Waals surface area (Å²) in [6.45, 7) is 1.81. The molecule has 3 nitrogen and oxygen atoms in total. The van der Waals surface area contributed by atoms with E-state index < -0.39 is 0 Å². The minimum Gasteiger partial charge on any atom is -0.488 e. The summed E-state index contributed by atoms with van der Waals surface area (Å²) in [7, 11) is 0. The van der Waals surface area contributed by atoms with Crippen molar-refractivity contribution in [1.82, 2.24) is 0 Å². The molecule has 0 heterocycles. The summed E-state index contributed by atoms with van der Waals surface area (Å²) >= 11 is 0. The molecular formula is C16H24O3. The Morgan fingerprint density at radius 2 is 1.89 bits per heavy atom. The third-order valence-electron chi connectivity index (χ3n) is 3.73. The van der Waals surface area contributed by atoms with Crippen LogP contribution in [0.2, 0.25) is 0 Å². The maximum atomic E-state index is 9.88. The summed E-state index contributed by atoms with van der Waals surface area (Å²) in [5, 5.41) is 19.1. The maximum absolute atomic E-state index is 9.88. The highest BCUT2D eigenvalue weighted by molar-refractivity contribution is 5.27. The fourth-order valence-corrected chi connectivity index (χ4v) is 2.50. The van der Waals surface area contributed by atoms with E-state index >= 15 is 0 Å². The molecule has 1 aliphatic carbocycles. The molecular weight excluding hydrogens is 240 g/mol. The first kappa shape index (κ1) is 14.4. The quantitative estimate of drug-likeness (QED) is 0.859. The molecule has 1 aliphatic rings. The molecule has 0 aromatic heterocycles. The van der Waals surface area contributed by atoms with Crippen molar-refractivity contribution in [2.75, 3.05) is 0 Å². The van der Waals surface area contributed by atoms with Crippen molar-refractivity contribution < 1.29 is 14.9 Å². The number of hydrogen-bond acceptors (Lipinski definition) is 3. The summed E-state index contributed by atoms with van der Waals surface area (Å²) < 4.78 is 5.85. The number of rotatable bonds is 5. The first-order chi connectivity index (χ1) is 9.15. The van der Waals surface area contributed by atoms with Crippen molar-refractivity contribution in [3.63, 3.8) is 0 Å². The topological polar surface area (TPSA) is 49.7 Å². The highest BCUT2D eigenvalue weighted by Crippen LogP contribution is 2.24. The molecule has 2 N–H and O–H groups in total. The first-order valence-electron chi connectivity index (χ1n) is 7.27. The van der Waals surface area contributed by atoms with Gasteiger partial charge in [0.15, 0.2) is 0 Å². The van der Waals surface area contributed by atoms with E-state index in [1.54, 1.807) is 0 Å². The Balaban J connectivity index is 1.87. The van der Waals surface area contributed by atoms with Crippen molar-refractivity contribution in [2.24, 2.45) is 0 Å². The lowest BCUT2D eigenvalue weighted by Crippen LogP contribution is -2.34. The fourth-order valence-electron chi connectivity index (χ4n) is 2.50. The second-order valence-corrected chi connectivity index (χ2v) is 5.54. The molecule has 0 radical (unpaired) electrons. The van der Waals surface area contributed by atoms with Crippen molar-refractivity contribution in [2.45, 2.75) is 63.8 Å². The summed E-state index contributed by atoms with van der Waals surface area (Å²) in [5.41, 5.74) is 1.21. The number of hydrogen-bond donors (Lipinski definition) is 2. The van der Waals surface area contributed by atoms with Crippen LogP contribution in [0.1, 0.15) is 44.6 Å². The second kappa shape index (κ2) is 6.92. The Kier molecular flexibility index (Phi) is 5.23. The minimum absolute atomic E-state index is 0.0583. The average Bonchev–Trinajstić information content (AvgIpc) is 2.40. The smallest absolute Gasteiger partial charge is 0.124 e. The van der Waals surface area contributed by atoms with Gasteiger partial charge in [0.2, 0.25) is 0 Å². The molecule has 0 bridgehead atoms. The molecule has 2 rings (SSSR count). The average molecular weight is 264 g/mol. The largest absolute Gasteiger partial charge is 0.488 e. The zero-order valence-electron chi connectivity index (χ0n) is 11.6. The van der Waals surface area contributed by atoms with Crippen molar-refractivity contribution in [3.05, 3.63) is 29.8 Å². The SMILES string of the molecule is CC(O)CCc1ccc(OC2CCCCC2O)cc1. The number of benzene rings is 1. The lowest BCUT2D eigenvalue weighted by molar-refractivity contribution is 0.00687. The van der Waals surface area contributed by atoms with Crippen molar-refractivity contribution in [1.29, 1.82) is 0 Å². The molecule has 3 unspecified atom stereocenters. The van der Waals surface area contributed by atoms with Gasteiger partial charge in [-0.3, -0.25) is 0 Å². The Morgan fingerprint density at radius 3 is 2.53 bits per heavy atom. The molecule has 19 heavy (non-hydrogen) atoms. The Morgan fingerprint density at radius 1 is 1.21 bits per heavy atom. The monoisotopic (exact) mass is 264 g/mol. The lowest BCUT2D eigenvalue weighted by Gasteiger charge is -2.28. The van der Waals surface area contributed by atoms with Crippen molar-refractivity contribution in [3.8, 4) is 5.75 Å². The van der Waals surface area contributed by atoms with E-state index in [1.165, 1.54) is 5.56 Å². The van der Waals surface area contributed by atoms with Gasteiger partial charge in [-0.15, -0.1) is 0 Å². The van der Waals surface area contributed by atoms with Gasteiger partial charge in [0.1, 0.15) is 11.9 Å². The summed E-state index contributed by atoms with van der Waals surface area (Å²) in [5.74, 6) is 0.826. The third kappa shape index (κ3) is 4.51. The third-order valence-corrected chi connectivity index (χ3v) is 3.73. The molecule has 1 fully saturated rings. The van der Waals surface area contributed by atoms with Crippen LogP contribution in [0, 0.1) is 0 Å². The normalized spacial score (nSPS) is 25.0. The van der Waals surface area contributed by atoms with Gasteiger partial charge in [-0.25, -0.2) is 0 Å². The van der Waals surface area contributed by atoms with Crippen LogP contribution in [-0.2, 0) is 6.42 Å². The van der Waals surface area contributed by atoms with E-state index in [0.29, 0.717) is 0 Å². The summed E-state index contributed by atoms with van der Waals surface area (Å²) in [6.07, 6.45) is 5.02. The van der Waals surface area contributed by atoms with Gasteiger partial charge in [-0.2, -0.15) is 0 Å². The zero-order chi connectivity index (χ0) is 13.7. The Hall–Kier alpha value is -1.06. The Bertz CT molecular complexity index is 372. The highest BCUT2D eigenvalue weighted by Gasteiger charge is 2.24. The van der Waals surface area contributed by atoms with E-state index in [0.717, 1.165) is 44.3 Å². The molecule has 3 heteroatoms. The number of aryl methyl sites for hydroxylation is 1. The zero-order valence-corrected chi connectivity index (χ0v) is 11.6. The van der Waals surface area contributed by atoms with E-state index in [9.17, 15) is 10.2 Å². The van der Waals surface area contributed by atoms with Crippen LogP contribution in [-0.4, -0.2) is 28.5 Å². The van der Waals surface area contributed by atoms with Crippen LogP contribution < -0.4 is 4.74 Å². The van der Waals surface area contributed by atoms with Gasteiger partial charge >= 0.3 is 0 Å². The number of ether oxygens (including phenoxy) is 1. The Labute approximate surface area is 115 Å². The lowest BCUT2D eigenvalue weighted by atomic mass is 9.95. The van der Waals surface area contributed by atoms with Gasteiger partial charge < -0.3 is 14.9 Å². The van der Waals surface area contributed by atoms with E-state index in [-0.39, 0.29) is 18.3 Å². The number of aliphatic hydroxyl groups is 2. The standard InChI is InChI=1S/C16H24O3/c1-12(17)6-7-13-8-10-14(11-9-13)19-16-5-3-2-4-15(16)18/h8-12,15-18H,2-7H2,1H3. The first-order valence-corrected chi connectivity index (χ1v) is 7.27. The predicted molar refractivity (Wildman–Crippen MR) is 75.3 cm³/mol. The van der Waals surface area contributed by atoms with Gasteiger partial charge in [0, 0.05) is 0 Å². The van der Waals surface area contributed by atoms with Gasteiger partial charge in [0.05, 0.1) is 12.2 Å². The fraction of sp³-hybridized carbons (Fsp3) is 0.625. The highest BCUT2D eigenvalue weighted by atomic mass is 16.5. The molecule has 0 saturated heterocycles. The van der Waals surface area contributed by atoms with Crippen LogP contribution in [0.3, 0.4) is 0 Å². The van der Waals surface area contributed by atoms with E-state index in [1.807, 2.05) is 31.2 Å². The van der Waals surface area contributed by atoms with Crippen LogP contribution in [0.5, 0.6) is 5.75 Å². The number of aliphatic hydroxyl groups excluding tert-OH is 2. The summed E-state index contributed by atoms with van der Waals surface area (Å²) in [6, 6.07) is 7.98. The van der Waals surface area contributed by atoms with E-state index in [2.05, 4.69) is 0 Å². The van der Waals surface area contributed by atoms with Gasteiger partial charge in [-0.05, 0) is 56.7 Å². The molecule has 1 saturated carbocycles. The van der Waals surface area contributed by atoms with Crippen LogP contribution in [0.25, 0.3) is 0 Å². The molecule has 0 spiro atoms. The van der Waals surface area contributed by atoms with Crippen molar-refractivity contribution >= 4 is 0 Å². The molecule has 3 atom stereocenters. The van der Waals surface area contributed by atoms with Gasteiger partial charge in [0.25, 0.3) is 0 Å². The molecule has 1 aromatic carbocycles. The minimum atomic E-state index is -0.330. The molecule has 1 aromatic rings. The predicted octanol–water partition coefficient (Wildman–Crippen LogP) is 2.68. The molecule has 0 aliphatic heterocycles. The van der Waals surface area contributed by atoms with Crippen LogP contribution in [0.15, 0.2) is 24.3 Å². The van der Waals surface area contributed by atoms with Crippen LogP contribution in [0.4, 0.5) is 0 Å². The molecule has 106 valence electrons. The molecule has 0 amide bonds. The summed E-state index contributed by atoms with van der Waals surface area (Å²) in [4.78, 5) is 0. The second-order valence-electron chi connectivity index (χ2n) is 5.54.